The zero-order valence-corrected chi connectivity index (χ0v) is 6.46. The van der Waals surface area contributed by atoms with Gasteiger partial charge in [0, 0.05) is 0 Å². The first kappa shape index (κ1) is 24.2. The van der Waals surface area contributed by atoms with Crippen LogP contribution in [0.2, 0.25) is 0 Å². The van der Waals surface area contributed by atoms with Crippen LogP contribution in [0.25, 0.3) is 0 Å². The molecule has 0 unspecified atom stereocenters. The Labute approximate surface area is 74.0 Å². The Morgan fingerprint density at radius 3 is 0.571 bits per heavy atom. The summed E-state index contributed by atoms with van der Waals surface area (Å²) in [5.74, 6) is 0. The van der Waals surface area contributed by atoms with Gasteiger partial charge in [-0.05, 0) is 0 Å². The van der Waals surface area contributed by atoms with Crippen LogP contribution in [-0.2, 0) is 0 Å². The molecule has 0 radical (unpaired) electrons. The molecule has 0 saturated heterocycles. The number of hydrogen-bond acceptors (Lipinski definition) is 3. The van der Waals surface area contributed by atoms with Gasteiger partial charge < -0.3 is 15.3 Å². The van der Waals surface area contributed by atoms with Crippen molar-refractivity contribution in [3.8, 4) is 0 Å². The third-order valence-electron chi connectivity index (χ3n) is 0. The average Bonchev–Trinajstić information content (AvgIpc) is 1.81. The largest absolute Gasteiger partial charge is 3.00 e. The second-order valence-electron chi connectivity index (χ2n) is 0. The van der Waals surface area contributed by atoms with E-state index in [-0.39, 0.29) is 37.7 Å². The summed E-state index contributed by atoms with van der Waals surface area (Å²) < 4.78 is 0. The molecule has 50 valence electrons. The summed E-state index contributed by atoms with van der Waals surface area (Å²) in [5, 5.41) is 24.8. The molecule has 0 N–H and O–H groups in total. The van der Waals surface area contributed by atoms with Gasteiger partial charge in [0.25, 0.3) is 0 Å². The van der Waals surface area contributed by atoms with E-state index in [1.807, 2.05) is 0 Å². The van der Waals surface area contributed by atoms with Crippen molar-refractivity contribution in [1.82, 2.24) is 0 Å². The summed E-state index contributed by atoms with van der Waals surface area (Å²) in [6, 6.07) is 0. The van der Waals surface area contributed by atoms with Crippen LogP contribution in [0.5, 0.6) is 0 Å². The molecule has 0 amide bonds. The first-order chi connectivity index (χ1) is 3.00. The van der Waals surface area contributed by atoms with Crippen LogP contribution >= 0.6 is 0 Å². The molecule has 0 heterocycles. The van der Waals surface area contributed by atoms with Crippen molar-refractivity contribution >= 4 is 0 Å². The van der Waals surface area contributed by atoms with Crippen molar-refractivity contribution in [1.29, 1.82) is 0 Å². The molecule has 0 aromatic rings. The van der Waals surface area contributed by atoms with E-state index in [9.17, 15) is 0 Å². The molecule has 0 aliphatic carbocycles. The van der Waals surface area contributed by atoms with Gasteiger partial charge in [-0.3, -0.25) is 0 Å². The smallest absolute Gasteiger partial charge is 0.857 e. The Morgan fingerprint density at radius 2 is 0.571 bits per heavy atom. The van der Waals surface area contributed by atoms with E-state index in [1.54, 1.807) is 0 Å². The third kappa shape index (κ3) is 145. The minimum absolute atomic E-state index is 0. The molecule has 0 atom stereocenters. The molecular formula is C3H9HoO3. The van der Waals surface area contributed by atoms with Crippen molar-refractivity contribution in [2.45, 2.75) is 0 Å². The van der Waals surface area contributed by atoms with Gasteiger partial charge in [-0.15, -0.1) is 0 Å². The topological polar surface area (TPSA) is 69.2 Å². The maximum atomic E-state index is 8.25. The summed E-state index contributed by atoms with van der Waals surface area (Å²) in [6.45, 7) is 0. The van der Waals surface area contributed by atoms with Gasteiger partial charge in [0.2, 0.25) is 0 Å². The molecule has 0 spiro atoms. The van der Waals surface area contributed by atoms with Gasteiger partial charge in [-0.1, -0.05) is 0 Å². The third-order valence-corrected chi connectivity index (χ3v) is 0. The summed E-state index contributed by atoms with van der Waals surface area (Å²) in [5.41, 5.74) is 0. The molecule has 3 nitrogen and oxygen atoms in total. The average molecular weight is 258 g/mol. The van der Waals surface area contributed by atoms with Crippen LogP contribution in [0.15, 0.2) is 0 Å². The van der Waals surface area contributed by atoms with Gasteiger partial charge in [-0.25, -0.2) is 0 Å². The Kier molecular flexibility index (Phi) is 717. The quantitative estimate of drug-likeness (QED) is 0.433. The van der Waals surface area contributed by atoms with Gasteiger partial charge in [0.15, 0.2) is 0 Å². The minimum atomic E-state index is 0. The Balaban J connectivity index is -0.00000000900. The van der Waals surface area contributed by atoms with Crippen LogP contribution in [0.4, 0.5) is 0 Å². The monoisotopic (exact) mass is 258 g/mol. The van der Waals surface area contributed by atoms with Crippen LogP contribution in [0.1, 0.15) is 0 Å². The van der Waals surface area contributed by atoms with Crippen molar-refractivity contribution in [2.24, 2.45) is 0 Å². The summed E-state index contributed by atoms with van der Waals surface area (Å²) in [4.78, 5) is 0. The summed E-state index contributed by atoms with van der Waals surface area (Å²) >= 11 is 0. The fraction of sp³-hybridized carbons (Fsp3) is 1.00. The fourth-order valence-corrected chi connectivity index (χ4v) is 0. The maximum Gasteiger partial charge on any atom is 3.00 e. The molecule has 0 aromatic carbocycles. The van der Waals surface area contributed by atoms with Crippen LogP contribution < -0.4 is 15.3 Å². The molecule has 0 rings (SSSR count). The second-order valence-corrected chi connectivity index (χ2v) is 0. The molecule has 0 aliphatic heterocycles. The van der Waals surface area contributed by atoms with Gasteiger partial charge in [-0.2, -0.15) is 21.3 Å². The van der Waals surface area contributed by atoms with Crippen molar-refractivity contribution in [3.63, 3.8) is 0 Å². The molecule has 0 fully saturated rings. The first-order valence-corrected chi connectivity index (χ1v) is 1.22. The van der Waals surface area contributed by atoms with Crippen LogP contribution in [0, 0.1) is 37.7 Å². The van der Waals surface area contributed by atoms with E-state index < -0.39 is 0 Å². The molecule has 0 aliphatic rings. The molecule has 0 saturated carbocycles. The molecule has 0 bridgehead atoms. The molecule has 7 heavy (non-hydrogen) atoms. The fourth-order valence-electron chi connectivity index (χ4n) is 0. The van der Waals surface area contributed by atoms with Gasteiger partial charge >= 0.3 is 37.7 Å². The van der Waals surface area contributed by atoms with E-state index in [4.69, 9.17) is 15.3 Å². The van der Waals surface area contributed by atoms with Crippen molar-refractivity contribution in [3.05, 3.63) is 0 Å². The van der Waals surface area contributed by atoms with E-state index in [0.29, 0.717) is 0 Å². The molecule has 0 aromatic heterocycles. The summed E-state index contributed by atoms with van der Waals surface area (Å²) in [6.07, 6.45) is 0. The Bertz CT molecular complexity index is 10.1. The normalized spacial score (nSPS) is 2.57. The van der Waals surface area contributed by atoms with Crippen LogP contribution in [0.3, 0.4) is 0 Å². The zero-order valence-electron chi connectivity index (χ0n) is 4.53. The number of hydrogen-bond donors (Lipinski definition) is 0. The van der Waals surface area contributed by atoms with Crippen molar-refractivity contribution in [2.75, 3.05) is 21.3 Å². The molecule has 4 heteroatoms. The SMILES string of the molecule is C[O-].C[O-].C[O-].[Ho+3]. The minimum Gasteiger partial charge on any atom is -0.857 e. The van der Waals surface area contributed by atoms with Crippen LogP contribution in [-0.4, -0.2) is 21.3 Å². The predicted octanol–water partition coefficient (Wildman–Crippen LogP) is -3.07. The van der Waals surface area contributed by atoms with E-state index in [1.165, 1.54) is 0 Å². The predicted molar refractivity (Wildman–Crippen MR) is 17.8 cm³/mol. The van der Waals surface area contributed by atoms with E-state index in [0.717, 1.165) is 21.3 Å². The Hall–Kier alpha value is 1.14. The summed E-state index contributed by atoms with van der Waals surface area (Å²) in [7, 11) is 2.25. The van der Waals surface area contributed by atoms with Crippen molar-refractivity contribution < 1.29 is 53.1 Å². The Morgan fingerprint density at radius 1 is 0.571 bits per heavy atom. The standard InChI is InChI=1S/3CH3O.Ho/c3*1-2;/h3*1H3;/q3*-1;+3. The maximum absolute atomic E-state index is 8.25. The molecular weight excluding hydrogens is 249 g/mol. The zero-order chi connectivity index (χ0) is 6.00. The van der Waals surface area contributed by atoms with E-state index >= 15 is 0 Å². The van der Waals surface area contributed by atoms with Gasteiger partial charge in [0.05, 0.1) is 0 Å². The first-order valence-electron chi connectivity index (χ1n) is 1.22. The van der Waals surface area contributed by atoms with Gasteiger partial charge in [0.1, 0.15) is 0 Å². The van der Waals surface area contributed by atoms with E-state index in [2.05, 4.69) is 0 Å². The second kappa shape index (κ2) is 207. The number of rotatable bonds is 0.